The van der Waals surface area contributed by atoms with Crippen molar-refractivity contribution in [1.29, 1.82) is 0 Å². The Morgan fingerprint density at radius 3 is 2.45 bits per heavy atom. The average Bonchev–Trinajstić information content (AvgIpc) is 2.84. The smallest absolute Gasteiger partial charge is 0.347 e. The lowest BCUT2D eigenvalue weighted by Crippen LogP contribution is -2.16. The van der Waals surface area contributed by atoms with E-state index in [1.165, 1.54) is 11.3 Å². The van der Waals surface area contributed by atoms with Crippen molar-refractivity contribution in [2.24, 2.45) is 0 Å². The van der Waals surface area contributed by atoms with E-state index in [0.29, 0.717) is 16.6 Å². The molecule has 0 radical (unpaired) electrons. The van der Waals surface area contributed by atoms with Crippen LogP contribution < -0.4 is 4.74 Å². The lowest BCUT2D eigenvalue weighted by atomic mass is 9.91. The van der Waals surface area contributed by atoms with E-state index in [2.05, 4.69) is 9.97 Å². The van der Waals surface area contributed by atoms with Crippen LogP contribution in [-0.4, -0.2) is 28.2 Å². The zero-order valence-corrected chi connectivity index (χ0v) is 12.6. The van der Waals surface area contributed by atoms with Crippen LogP contribution in [0.4, 0.5) is 0 Å². The maximum Gasteiger partial charge on any atom is 0.347 e. The van der Waals surface area contributed by atoms with Crippen molar-refractivity contribution in [2.75, 3.05) is 7.11 Å². The van der Waals surface area contributed by atoms with Gasteiger partial charge in [0.25, 0.3) is 0 Å². The molecule has 0 aromatic carbocycles. The first-order chi connectivity index (χ1) is 9.32. The number of thiazole rings is 1. The Balaban J connectivity index is 2.50. The van der Waals surface area contributed by atoms with Crippen LogP contribution in [-0.2, 0) is 5.41 Å². The van der Waals surface area contributed by atoms with E-state index < -0.39 is 5.97 Å². The van der Waals surface area contributed by atoms with E-state index in [1.807, 2.05) is 26.8 Å². The zero-order chi connectivity index (χ0) is 14.9. The van der Waals surface area contributed by atoms with Gasteiger partial charge in [-0.2, -0.15) is 0 Å². The SMILES string of the molecule is COc1ccc(-c2nc(C(C)(C)C)c(C(=O)O)s2)cn1. The molecule has 2 aromatic rings. The topological polar surface area (TPSA) is 72.3 Å². The molecule has 0 saturated carbocycles. The minimum Gasteiger partial charge on any atom is -0.481 e. The summed E-state index contributed by atoms with van der Waals surface area (Å²) in [5, 5.41) is 9.96. The van der Waals surface area contributed by atoms with Crippen molar-refractivity contribution in [2.45, 2.75) is 26.2 Å². The van der Waals surface area contributed by atoms with Crippen LogP contribution in [0, 0.1) is 0 Å². The number of carboxylic acid groups (broad SMARTS) is 1. The molecule has 0 amide bonds. The van der Waals surface area contributed by atoms with Gasteiger partial charge in [-0.25, -0.2) is 14.8 Å². The molecule has 2 rings (SSSR count). The molecular weight excluding hydrogens is 276 g/mol. The highest BCUT2D eigenvalue weighted by Crippen LogP contribution is 2.34. The molecule has 2 aromatic heterocycles. The number of hydrogen-bond donors (Lipinski definition) is 1. The average molecular weight is 292 g/mol. The van der Waals surface area contributed by atoms with Gasteiger partial charge in [0.1, 0.15) is 9.88 Å². The molecule has 0 atom stereocenters. The van der Waals surface area contributed by atoms with E-state index in [0.717, 1.165) is 5.56 Å². The molecule has 2 heterocycles. The van der Waals surface area contributed by atoms with E-state index in [1.54, 1.807) is 19.4 Å². The number of pyridine rings is 1. The first kappa shape index (κ1) is 14.5. The lowest BCUT2D eigenvalue weighted by Gasteiger charge is -2.15. The second-order valence-electron chi connectivity index (χ2n) is 5.34. The molecule has 0 aliphatic heterocycles. The van der Waals surface area contributed by atoms with Crippen LogP contribution in [0.1, 0.15) is 36.1 Å². The van der Waals surface area contributed by atoms with Gasteiger partial charge < -0.3 is 9.84 Å². The van der Waals surface area contributed by atoms with E-state index in [9.17, 15) is 9.90 Å². The molecule has 20 heavy (non-hydrogen) atoms. The number of ether oxygens (including phenoxy) is 1. The highest BCUT2D eigenvalue weighted by atomic mass is 32.1. The van der Waals surface area contributed by atoms with Gasteiger partial charge >= 0.3 is 5.97 Å². The number of aromatic nitrogens is 2. The first-order valence-corrected chi connectivity index (χ1v) is 6.89. The lowest BCUT2D eigenvalue weighted by molar-refractivity contribution is 0.0699. The van der Waals surface area contributed by atoms with Gasteiger partial charge in [0.2, 0.25) is 5.88 Å². The molecule has 0 spiro atoms. The highest BCUT2D eigenvalue weighted by Gasteiger charge is 2.27. The minimum atomic E-state index is -0.944. The van der Waals surface area contributed by atoms with Crippen molar-refractivity contribution >= 4 is 17.3 Å². The number of hydrogen-bond acceptors (Lipinski definition) is 5. The summed E-state index contributed by atoms with van der Waals surface area (Å²) in [4.78, 5) is 20.2. The van der Waals surface area contributed by atoms with Crippen LogP contribution in [0.3, 0.4) is 0 Å². The van der Waals surface area contributed by atoms with Gasteiger partial charge in [0, 0.05) is 23.2 Å². The fourth-order valence-corrected chi connectivity index (χ4v) is 2.83. The Morgan fingerprint density at radius 1 is 1.35 bits per heavy atom. The van der Waals surface area contributed by atoms with Gasteiger partial charge in [0.15, 0.2) is 0 Å². The fourth-order valence-electron chi connectivity index (χ4n) is 1.72. The van der Waals surface area contributed by atoms with Crippen molar-refractivity contribution in [3.05, 3.63) is 28.9 Å². The zero-order valence-electron chi connectivity index (χ0n) is 11.8. The standard InChI is InChI=1S/C14H16N2O3S/c1-14(2,3)11-10(13(17)18)20-12(16-11)8-5-6-9(19-4)15-7-8/h5-7H,1-4H3,(H,17,18). The summed E-state index contributed by atoms with van der Waals surface area (Å²) >= 11 is 1.17. The molecule has 0 aliphatic rings. The minimum absolute atomic E-state index is 0.281. The summed E-state index contributed by atoms with van der Waals surface area (Å²) in [7, 11) is 1.55. The molecular formula is C14H16N2O3S. The molecule has 6 heteroatoms. The van der Waals surface area contributed by atoms with Crippen LogP contribution in [0.25, 0.3) is 10.6 Å². The largest absolute Gasteiger partial charge is 0.481 e. The normalized spacial score (nSPS) is 11.4. The van der Waals surface area contributed by atoms with E-state index in [4.69, 9.17) is 4.74 Å². The molecule has 0 bridgehead atoms. The Hall–Kier alpha value is -1.95. The Labute approximate surface area is 121 Å². The monoisotopic (exact) mass is 292 g/mol. The third-order valence-corrected chi connectivity index (χ3v) is 3.82. The predicted octanol–water partition coefficient (Wildman–Crippen LogP) is 3.21. The number of methoxy groups -OCH3 is 1. The van der Waals surface area contributed by atoms with Crippen molar-refractivity contribution in [1.82, 2.24) is 9.97 Å². The summed E-state index contributed by atoms with van der Waals surface area (Å²) in [5.41, 5.74) is 1.07. The van der Waals surface area contributed by atoms with Gasteiger partial charge in [-0.3, -0.25) is 0 Å². The molecule has 0 unspecified atom stereocenters. The number of carboxylic acids is 1. The highest BCUT2D eigenvalue weighted by molar-refractivity contribution is 7.17. The maximum absolute atomic E-state index is 11.3. The summed E-state index contributed by atoms with van der Waals surface area (Å²) < 4.78 is 5.00. The van der Waals surface area contributed by atoms with Gasteiger partial charge in [-0.15, -0.1) is 11.3 Å². The fraction of sp³-hybridized carbons (Fsp3) is 0.357. The van der Waals surface area contributed by atoms with Crippen molar-refractivity contribution in [3.8, 4) is 16.5 Å². The van der Waals surface area contributed by atoms with Crippen molar-refractivity contribution in [3.63, 3.8) is 0 Å². The third-order valence-electron chi connectivity index (χ3n) is 2.72. The van der Waals surface area contributed by atoms with Crippen LogP contribution in [0.2, 0.25) is 0 Å². The third kappa shape index (κ3) is 2.80. The summed E-state index contributed by atoms with van der Waals surface area (Å²) in [6.45, 7) is 5.85. The second-order valence-corrected chi connectivity index (χ2v) is 6.34. The molecule has 1 N–H and O–H groups in total. The summed E-state index contributed by atoms with van der Waals surface area (Å²) in [5.74, 6) is -0.431. The van der Waals surface area contributed by atoms with Crippen LogP contribution >= 0.6 is 11.3 Å². The Bertz CT molecular complexity index is 627. The molecule has 5 nitrogen and oxygen atoms in total. The number of aromatic carboxylic acids is 1. The van der Waals surface area contributed by atoms with Crippen LogP contribution in [0.15, 0.2) is 18.3 Å². The number of nitrogens with zero attached hydrogens (tertiary/aromatic N) is 2. The first-order valence-electron chi connectivity index (χ1n) is 6.08. The number of carbonyl (C=O) groups is 1. The Morgan fingerprint density at radius 2 is 2.05 bits per heavy atom. The molecule has 106 valence electrons. The summed E-state index contributed by atoms with van der Waals surface area (Å²) in [6, 6.07) is 3.55. The quantitative estimate of drug-likeness (QED) is 0.940. The number of rotatable bonds is 3. The maximum atomic E-state index is 11.3. The second kappa shape index (κ2) is 5.20. The molecule has 0 saturated heterocycles. The summed E-state index contributed by atoms with van der Waals surface area (Å²) in [6.07, 6.45) is 1.63. The molecule has 0 aliphatic carbocycles. The van der Waals surface area contributed by atoms with E-state index in [-0.39, 0.29) is 10.3 Å². The predicted molar refractivity (Wildman–Crippen MR) is 77.6 cm³/mol. The van der Waals surface area contributed by atoms with Gasteiger partial charge in [-0.05, 0) is 6.07 Å². The van der Waals surface area contributed by atoms with Crippen molar-refractivity contribution < 1.29 is 14.6 Å². The van der Waals surface area contributed by atoms with Gasteiger partial charge in [-0.1, -0.05) is 20.8 Å². The van der Waals surface area contributed by atoms with Crippen LogP contribution in [0.5, 0.6) is 5.88 Å². The van der Waals surface area contributed by atoms with Gasteiger partial charge in [0.05, 0.1) is 12.8 Å². The van der Waals surface area contributed by atoms with E-state index >= 15 is 0 Å². The Kier molecular flexibility index (Phi) is 3.76. The molecule has 0 fully saturated rings.